The minimum absolute atomic E-state index is 0.0432. The summed E-state index contributed by atoms with van der Waals surface area (Å²) in [6, 6.07) is 14.9. The minimum Gasteiger partial charge on any atom is -0.490 e. The van der Waals surface area contributed by atoms with Gasteiger partial charge in [-0.25, -0.2) is 0 Å². The van der Waals surface area contributed by atoms with Crippen molar-refractivity contribution in [3.8, 4) is 17.2 Å². The third-order valence-corrected chi connectivity index (χ3v) is 3.53. The number of benzene rings is 2. The molecule has 0 saturated carbocycles. The number of rotatable bonds is 5. The van der Waals surface area contributed by atoms with Crippen molar-refractivity contribution in [1.82, 2.24) is 0 Å². The lowest BCUT2D eigenvalue weighted by Gasteiger charge is -2.29. The molecule has 0 spiro atoms. The normalized spacial score (nSPS) is 13.0. The zero-order valence-corrected chi connectivity index (χ0v) is 13.0. The van der Waals surface area contributed by atoms with E-state index in [2.05, 4.69) is 0 Å². The quantitative estimate of drug-likeness (QED) is 0.851. The lowest BCUT2D eigenvalue weighted by molar-refractivity contribution is -0.120. The van der Waals surface area contributed by atoms with Crippen LogP contribution in [0, 0.1) is 0 Å². The fraction of sp³-hybridized carbons (Fsp3) is 0.278. The van der Waals surface area contributed by atoms with Gasteiger partial charge in [-0.3, -0.25) is 4.79 Å². The molecule has 0 radical (unpaired) electrons. The van der Waals surface area contributed by atoms with Crippen molar-refractivity contribution in [2.45, 2.75) is 6.92 Å². The van der Waals surface area contributed by atoms with E-state index in [4.69, 9.17) is 14.2 Å². The Balaban J connectivity index is 1.69. The van der Waals surface area contributed by atoms with E-state index in [1.165, 1.54) is 0 Å². The minimum atomic E-state index is -0.105. The van der Waals surface area contributed by atoms with Gasteiger partial charge in [-0.1, -0.05) is 24.3 Å². The maximum atomic E-state index is 12.5. The van der Waals surface area contributed by atoms with Crippen molar-refractivity contribution in [2.75, 3.05) is 31.3 Å². The summed E-state index contributed by atoms with van der Waals surface area (Å²) in [6.07, 6.45) is 0. The molecule has 0 saturated heterocycles. The molecule has 1 heterocycles. The molecule has 0 N–H and O–H groups in total. The zero-order valence-electron chi connectivity index (χ0n) is 13.0. The highest BCUT2D eigenvalue weighted by molar-refractivity contribution is 5.96. The standard InChI is InChI=1S/C18H19NO4/c1-2-21-16-9-5-6-10-17(16)23-13-18(20)19-11-12-22-15-8-4-3-7-14(15)19/h3-10H,2,11-13H2,1H3. The molecule has 120 valence electrons. The van der Waals surface area contributed by atoms with Crippen LogP contribution in [0.3, 0.4) is 0 Å². The Morgan fingerprint density at radius 2 is 1.78 bits per heavy atom. The van der Waals surface area contributed by atoms with Gasteiger partial charge in [0.15, 0.2) is 18.1 Å². The van der Waals surface area contributed by atoms with Crippen LogP contribution in [0.25, 0.3) is 0 Å². The molecule has 23 heavy (non-hydrogen) atoms. The van der Waals surface area contributed by atoms with E-state index in [1.54, 1.807) is 11.0 Å². The molecule has 0 atom stereocenters. The fourth-order valence-corrected chi connectivity index (χ4v) is 2.49. The molecule has 5 nitrogen and oxygen atoms in total. The van der Waals surface area contributed by atoms with Gasteiger partial charge in [0.05, 0.1) is 18.8 Å². The molecule has 0 unspecified atom stereocenters. The number of carbonyl (C=O) groups is 1. The van der Waals surface area contributed by atoms with Crippen LogP contribution in [0.5, 0.6) is 17.2 Å². The second-order valence-electron chi connectivity index (χ2n) is 5.03. The van der Waals surface area contributed by atoms with E-state index in [-0.39, 0.29) is 12.5 Å². The maximum Gasteiger partial charge on any atom is 0.265 e. The highest BCUT2D eigenvalue weighted by Crippen LogP contribution is 2.31. The summed E-state index contributed by atoms with van der Waals surface area (Å²) in [5.41, 5.74) is 0.783. The van der Waals surface area contributed by atoms with Gasteiger partial charge in [0, 0.05) is 0 Å². The number of amides is 1. The molecule has 2 aromatic carbocycles. The Morgan fingerprint density at radius 1 is 1.09 bits per heavy atom. The van der Waals surface area contributed by atoms with Gasteiger partial charge in [-0.2, -0.15) is 0 Å². The first-order valence-corrected chi connectivity index (χ1v) is 7.66. The van der Waals surface area contributed by atoms with Crippen LogP contribution in [-0.2, 0) is 4.79 Å². The van der Waals surface area contributed by atoms with Crippen molar-refractivity contribution in [1.29, 1.82) is 0 Å². The van der Waals surface area contributed by atoms with Crippen LogP contribution >= 0.6 is 0 Å². The number of anilines is 1. The highest BCUT2D eigenvalue weighted by atomic mass is 16.5. The SMILES string of the molecule is CCOc1ccccc1OCC(=O)N1CCOc2ccccc21. The first-order chi connectivity index (χ1) is 11.3. The van der Waals surface area contributed by atoms with Gasteiger partial charge in [0.1, 0.15) is 12.4 Å². The average Bonchev–Trinajstić information content (AvgIpc) is 2.60. The van der Waals surface area contributed by atoms with Crippen LogP contribution in [0.15, 0.2) is 48.5 Å². The Kier molecular flexibility index (Phi) is 4.66. The number of ether oxygens (including phenoxy) is 3. The summed E-state index contributed by atoms with van der Waals surface area (Å²) >= 11 is 0. The highest BCUT2D eigenvalue weighted by Gasteiger charge is 2.23. The summed E-state index contributed by atoms with van der Waals surface area (Å²) < 4.78 is 16.7. The number of para-hydroxylation sites is 4. The van der Waals surface area contributed by atoms with Crippen LogP contribution in [0.2, 0.25) is 0 Å². The predicted molar refractivity (Wildman–Crippen MR) is 87.4 cm³/mol. The fourth-order valence-electron chi connectivity index (χ4n) is 2.49. The van der Waals surface area contributed by atoms with E-state index in [9.17, 15) is 4.79 Å². The lowest BCUT2D eigenvalue weighted by atomic mass is 10.2. The van der Waals surface area contributed by atoms with Crippen molar-refractivity contribution < 1.29 is 19.0 Å². The molecule has 0 fully saturated rings. The molecule has 1 aliphatic rings. The third-order valence-electron chi connectivity index (χ3n) is 3.53. The van der Waals surface area contributed by atoms with Crippen LogP contribution < -0.4 is 19.1 Å². The van der Waals surface area contributed by atoms with Crippen molar-refractivity contribution in [3.05, 3.63) is 48.5 Å². The molecule has 3 rings (SSSR count). The molecule has 5 heteroatoms. The first-order valence-electron chi connectivity index (χ1n) is 7.66. The molecular weight excluding hydrogens is 294 g/mol. The monoisotopic (exact) mass is 313 g/mol. The summed E-state index contributed by atoms with van der Waals surface area (Å²) in [4.78, 5) is 14.2. The predicted octanol–water partition coefficient (Wildman–Crippen LogP) is 2.89. The number of hydrogen-bond donors (Lipinski definition) is 0. The average molecular weight is 313 g/mol. The molecule has 0 aromatic heterocycles. The van der Waals surface area contributed by atoms with Gasteiger partial charge < -0.3 is 19.1 Å². The van der Waals surface area contributed by atoms with E-state index < -0.39 is 0 Å². The Labute approximate surface area is 135 Å². The number of fused-ring (bicyclic) bond motifs is 1. The van der Waals surface area contributed by atoms with Gasteiger partial charge in [0.25, 0.3) is 5.91 Å². The van der Waals surface area contributed by atoms with E-state index >= 15 is 0 Å². The first kappa shape index (κ1) is 15.2. The maximum absolute atomic E-state index is 12.5. The molecule has 0 aliphatic carbocycles. The smallest absolute Gasteiger partial charge is 0.265 e. The second kappa shape index (κ2) is 7.05. The van der Waals surface area contributed by atoms with Gasteiger partial charge in [-0.15, -0.1) is 0 Å². The van der Waals surface area contributed by atoms with Crippen molar-refractivity contribution in [3.63, 3.8) is 0 Å². The third kappa shape index (κ3) is 3.39. The Bertz CT molecular complexity index is 686. The van der Waals surface area contributed by atoms with Crippen LogP contribution in [0.4, 0.5) is 5.69 Å². The second-order valence-corrected chi connectivity index (χ2v) is 5.03. The number of nitrogens with zero attached hydrogens (tertiary/aromatic N) is 1. The van der Waals surface area contributed by atoms with Gasteiger partial charge >= 0.3 is 0 Å². The summed E-state index contributed by atoms with van der Waals surface area (Å²) in [7, 11) is 0. The molecule has 1 aliphatic heterocycles. The summed E-state index contributed by atoms with van der Waals surface area (Å²) in [6.45, 7) is 3.42. The van der Waals surface area contributed by atoms with Gasteiger partial charge in [0.2, 0.25) is 0 Å². The van der Waals surface area contributed by atoms with Crippen molar-refractivity contribution >= 4 is 11.6 Å². The molecular formula is C18H19NO4. The van der Waals surface area contributed by atoms with Crippen LogP contribution in [-0.4, -0.2) is 32.3 Å². The van der Waals surface area contributed by atoms with Gasteiger partial charge in [-0.05, 0) is 31.2 Å². The van der Waals surface area contributed by atoms with E-state index in [1.807, 2.05) is 49.4 Å². The molecule has 1 amide bonds. The zero-order chi connectivity index (χ0) is 16.1. The molecule has 2 aromatic rings. The van der Waals surface area contributed by atoms with Crippen LogP contribution in [0.1, 0.15) is 6.92 Å². The Hall–Kier alpha value is -2.69. The van der Waals surface area contributed by atoms with Crippen molar-refractivity contribution in [2.24, 2.45) is 0 Å². The molecule has 0 bridgehead atoms. The number of hydrogen-bond acceptors (Lipinski definition) is 4. The van der Waals surface area contributed by atoms with E-state index in [0.29, 0.717) is 31.3 Å². The topological polar surface area (TPSA) is 48.0 Å². The largest absolute Gasteiger partial charge is 0.490 e. The Morgan fingerprint density at radius 3 is 2.57 bits per heavy atom. The number of carbonyl (C=O) groups excluding carboxylic acids is 1. The van der Waals surface area contributed by atoms with E-state index in [0.717, 1.165) is 11.4 Å². The summed E-state index contributed by atoms with van der Waals surface area (Å²) in [5, 5.41) is 0. The summed E-state index contributed by atoms with van der Waals surface area (Å²) in [5.74, 6) is 1.84. The lowest BCUT2D eigenvalue weighted by Crippen LogP contribution is -2.40.